The van der Waals surface area contributed by atoms with Gasteiger partial charge in [-0.3, -0.25) is 9.59 Å². The molecule has 1 aromatic carbocycles. The van der Waals surface area contributed by atoms with Gasteiger partial charge < -0.3 is 14.9 Å². The molecule has 0 spiro atoms. The third-order valence-corrected chi connectivity index (χ3v) is 14.6. The summed E-state index contributed by atoms with van der Waals surface area (Å²) in [6.45, 7) is 14.1. The highest BCUT2D eigenvalue weighted by atomic mass is 16.5. The second-order valence-electron chi connectivity index (χ2n) is 17.0. The Morgan fingerprint density at radius 2 is 1.58 bits per heavy atom. The Labute approximate surface area is 258 Å². The maximum Gasteiger partial charge on any atom is 0.313 e. The van der Waals surface area contributed by atoms with Crippen LogP contribution < -0.4 is 0 Å². The van der Waals surface area contributed by atoms with Crippen LogP contribution in [0.2, 0.25) is 0 Å². The molecule has 9 atom stereocenters. The first kappa shape index (κ1) is 31.0. The van der Waals surface area contributed by atoms with E-state index in [1.165, 1.54) is 5.57 Å². The normalized spacial score (nSPS) is 45.0. The van der Waals surface area contributed by atoms with Crippen LogP contribution >= 0.6 is 0 Å². The first-order valence-electron chi connectivity index (χ1n) is 16.9. The monoisotopic (exact) mass is 590 g/mol. The van der Waals surface area contributed by atoms with Crippen LogP contribution in [-0.2, 0) is 9.53 Å². The van der Waals surface area contributed by atoms with Crippen molar-refractivity contribution in [2.24, 2.45) is 50.2 Å². The molecule has 5 aliphatic rings. The zero-order valence-corrected chi connectivity index (χ0v) is 27.4. The Bertz CT molecular complexity index is 1300. The molecule has 2 N–H and O–H groups in total. The molecule has 43 heavy (non-hydrogen) atoms. The summed E-state index contributed by atoms with van der Waals surface area (Å²) in [6.07, 6.45) is 11.4. The predicted octanol–water partition coefficient (Wildman–Crippen LogP) is 7.55. The highest BCUT2D eigenvalue weighted by molar-refractivity contribution is 5.98. The van der Waals surface area contributed by atoms with Crippen LogP contribution in [0.25, 0.3) is 0 Å². The fourth-order valence-electron chi connectivity index (χ4n) is 11.6. The third kappa shape index (κ3) is 4.37. The van der Waals surface area contributed by atoms with E-state index in [0.717, 1.165) is 64.2 Å². The summed E-state index contributed by atoms with van der Waals surface area (Å²) >= 11 is 0. The molecule has 0 heterocycles. The van der Waals surface area contributed by atoms with E-state index in [-0.39, 0.29) is 52.5 Å². The van der Waals surface area contributed by atoms with Crippen LogP contribution in [0.1, 0.15) is 116 Å². The average molecular weight is 591 g/mol. The van der Waals surface area contributed by atoms with Gasteiger partial charge >= 0.3 is 5.97 Å². The number of ketones is 1. The first-order chi connectivity index (χ1) is 20.2. The summed E-state index contributed by atoms with van der Waals surface area (Å²) < 4.78 is 5.94. The van der Waals surface area contributed by atoms with Gasteiger partial charge in [-0.15, -0.1) is 0 Å². The topological polar surface area (TPSA) is 83.8 Å². The number of hydrogen-bond donors (Lipinski definition) is 2. The summed E-state index contributed by atoms with van der Waals surface area (Å²) in [6, 6.07) is 9.12. The van der Waals surface area contributed by atoms with Crippen molar-refractivity contribution in [3.8, 4) is 0 Å². The lowest BCUT2D eigenvalue weighted by Crippen LogP contribution is -2.66. The van der Waals surface area contributed by atoms with Crippen LogP contribution in [0.15, 0.2) is 42.0 Å². The molecule has 236 valence electrons. The summed E-state index contributed by atoms with van der Waals surface area (Å²) in [7, 11) is 0. The van der Waals surface area contributed by atoms with Gasteiger partial charge in [0.1, 0.15) is 0 Å². The Kier molecular flexibility index (Phi) is 7.41. The number of carbonyl (C=O) groups is 2. The van der Waals surface area contributed by atoms with Crippen LogP contribution in [0.5, 0.6) is 0 Å². The number of carbonyl (C=O) groups excluding carboxylic acids is 2. The van der Waals surface area contributed by atoms with Gasteiger partial charge in [0.2, 0.25) is 0 Å². The third-order valence-electron chi connectivity index (χ3n) is 14.6. The number of aliphatic hydroxyl groups is 2. The fourth-order valence-corrected chi connectivity index (χ4v) is 11.6. The molecule has 0 unspecified atom stereocenters. The summed E-state index contributed by atoms with van der Waals surface area (Å²) in [5.41, 5.74) is 1.24. The van der Waals surface area contributed by atoms with E-state index in [1.807, 2.05) is 18.2 Å². The lowest BCUT2D eigenvalue weighted by Gasteiger charge is -2.71. The number of fused-ring (bicyclic) bond motifs is 7. The smallest absolute Gasteiger partial charge is 0.313 e. The lowest BCUT2D eigenvalue weighted by atomic mass is 9.33. The Morgan fingerprint density at radius 3 is 2.28 bits per heavy atom. The van der Waals surface area contributed by atoms with Crippen LogP contribution in [0.4, 0.5) is 0 Å². The van der Waals surface area contributed by atoms with E-state index >= 15 is 0 Å². The molecule has 0 bridgehead atoms. The van der Waals surface area contributed by atoms with Gasteiger partial charge in [-0.25, -0.2) is 0 Å². The molecule has 0 aliphatic heterocycles. The Balaban J connectivity index is 1.34. The molecular weight excluding hydrogens is 536 g/mol. The second kappa shape index (κ2) is 10.3. The largest absolute Gasteiger partial charge is 0.457 e. The standard InChI is InChI=1S/C38H54O5/c1-33(2)18-20-38(32(42)43-23-28(40)25-10-8-7-9-11-25)21-19-36(5)26(27(38)22-33)12-13-30-34(3)16-15-31(41)35(4,24-39)29(34)14-17-37(30,36)6/h7-12,27,29-31,39,41H,13-24H2,1-6H3/t27-,29+,30+,31-,34-,35-,36+,37+,38-/m0/s1. The molecule has 1 aromatic rings. The number of benzene rings is 1. The highest BCUT2D eigenvalue weighted by Crippen LogP contribution is 2.75. The predicted molar refractivity (Wildman–Crippen MR) is 168 cm³/mol. The van der Waals surface area contributed by atoms with Crippen LogP contribution in [-0.4, -0.2) is 41.3 Å². The Hall–Kier alpha value is -1.98. The molecule has 4 saturated carbocycles. The van der Waals surface area contributed by atoms with Crippen molar-refractivity contribution in [3.05, 3.63) is 47.5 Å². The van der Waals surface area contributed by atoms with Crippen molar-refractivity contribution in [1.29, 1.82) is 0 Å². The molecule has 0 radical (unpaired) electrons. The SMILES string of the molecule is CC1(C)CC[C@]2(C(=O)OCC(=O)c3ccccc3)CC[C@]3(C)C(=CC[C@@H]4[C@@]5(C)CC[C@H](O)[C@@](C)(CO)[C@@H]5CC[C@]43C)[C@@H]2C1. The molecule has 0 saturated heterocycles. The van der Waals surface area contributed by atoms with Crippen molar-refractivity contribution in [2.45, 2.75) is 112 Å². The molecule has 5 aliphatic carbocycles. The number of Topliss-reactive ketones (excluding diaryl/α,β-unsaturated/α-hetero) is 1. The van der Waals surface area contributed by atoms with Gasteiger partial charge in [0.05, 0.1) is 18.1 Å². The number of ether oxygens (including phenoxy) is 1. The number of esters is 1. The maximum atomic E-state index is 14.2. The van der Waals surface area contributed by atoms with Crippen LogP contribution in [0, 0.1) is 50.2 Å². The molecule has 5 nitrogen and oxygen atoms in total. The zero-order valence-electron chi connectivity index (χ0n) is 27.4. The van der Waals surface area contributed by atoms with Crippen LogP contribution in [0.3, 0.4) is 0 Å². The average Bonchev–Trinajstić information content (AvgIpc) is 2.98. The summed E-state index contributed by atoms with van der Waals surface area (Å²) in [5.74, 6) is 0.546. The van der Waals surface area contributed by atoms with Gasteiger partial charge in [0.25, 0.3) is 0 Å². The van der Waals surface area contributed by atoms with Gasteiger partial charge in [0, 0.05) is 11.0 Å². The number of rotatable bonds is 5. The second-order valence-corrected chi connectivity index (χ2v) is 17.0. The minimum Gasteiger partial charge on any atom is -0.457 e. The molecule has 0 aromatic heterocycles. The van der Waals surface area contributed by atoms with Gasteiger partial charge in [0.15, 0.2) is 12.4 Å². The van der Waals surface area contributed by atoms with Gasteiger partial charge in [-0.2, -0.15) is 0 Å². The molecule has 0 amide bonds. The van der Waals surface area contributed by atoms with E-state index in [2.05, 4.69) is 47.6 Å². The summed E-state index contributed by atoms with van der Waals surface area (Å²) in [4.78, 5) is 27.1. The zero-order chi connectivity index (χ0) is 31.1. The van der Waals surface area contributed by atoms with E-state index < -0.39 is 16.9 Å². The first-order valence-corrected chi connectivity index (χ1v) is 16.9. The number of allylic oxidation sites excluding steroid dienone is 2. The van der Waals surface area contributed by atoms with E-state index in [4.69, 9.17) is 4.74 Å². The van der Waals surface area contributed by atoms with E-state index in [0.29, 0.717) is 17.4 Å². The molecule has 5 heteroatoms. The van der Waals surface area contributed by atoms with Gasteiger partial charge in [-0.05, 0) is 104 Å². The molecule has 6 rings (SSSR count). The highest BCUT2D eigenvalue weighted by Gasteiger charge is 2.69. The lowest BCUT2D eigenvalue weighted by molar-refractivity contribution is -0.217. The van der Waals surface area contributed by atoms with Gasteiger partial charge in [-0.1, -0.05) is 83.5 Å². The molecular formula is C38H54O5. The minimum atomic E-state index is -0.577. The van der Waals surface area contributed by atoms with Crippen molar-refractivity contribution >= 4 is 11.8 Å². The fraction of sp³-hybridized carbons (Fsp3) is 0.737. The van der Waals surface area contributed by atoms with Crippen molar-refractivity contribution in [2.75, 3.05) is 13.2 Å². The summed E-state index contributed by atoms with van der Waals surface area (Å²) in [5, 5.41) is 21.6. The maximum absolute atomic E-state index is 14.2. The van der Waals surface area contributed by atoms with Crippen molar-refractivity contribution in [3.63, 3.8) is 0 Å². The number of aliphatic hydroxyl groups excluding tert-OH is 2. The molecule has 4 fully saturated rings. The van der Waals surface area contributed by atoms with E-state index in [1.54, 1.807) is 12.1 Å². The quantitative estimate of drug-likeness (QED) is 0.210. The number of hydrogen-bond acceptors (Lipinski definition) is 5. The van der Waals surface area contributed by atoms with Crippen molar-refractivity contribution in [1.82, 2.24) is 0 Å². The minimum absolute atomic E-state index is 0.0305. The Morgan fingerprint density at radius 1 is 0.884 bits per heavy atom. The van der Waals surface area contributed by atoms with Crippen molar-refractivity contribution < 1.29 is 24.5 Å². The van der Waals surface area contributed by atoms with E-state index in [9.17, 15) is 19.8 Å².